The first-order valence-corrected chi connectivity index (χ1v) is 5.52. The summed E-state index contributed by atoms with van der Waals surface area (Å²) in [5, 5.41) is 4.24. The van der Waals surface area contributed by atoms with E-state index in [4.69, 9.17) is 10.5 Å². The zero-order valence-electron chi connectivity index (χ0n) is 9.87. The van der Waals surface area contributed by atoms with Gasteiger partial charge in [0.05, 0.1) is 30.9 Å². The molecule has 0 bridgehead atoms. The molecule has 0 aliphatic carbocycles. The van der Waals surface area contributed by atoms with Crippen molar-refractivity contribution in [2.75, 3.05) is 12.8 Å². The van der Waals surface area contributed by atoms with Crippen LogP contribution in [0, 0.1) is 0 Å². The number of nitrogens with two attached hydrogens (primary N) is 1. The van der Waals surface area contributed by atoms with Crippen LogP contribution >= 0.6 is 0 Å². The minimum Gasteiger partial charge on any atom is -0.497 e. The van der Waals surface area contributed by atoms with Crippen molar-refractivity contribution in [3.8, 4) is 17.0 Å². The molecule has 0 unspecified atom stereocenters. The van der Waals surface area contributed by atoms with Gasteiger partial charge < -0.3 is 10.5 Å². The molecule has 3 rings (SSSR count). The quantitative estimate of drug-likeness (QED) is 0.744. The van der Waals surface area contributed by atoms with Crippen molar-refractivity contribution < 1.29 is 4.74 Å². The number of hydrogen-bond donors (Lipinski definition) is 1. The number of benzene rings is 1. The van der Waals surface area contributed by atoms with Crippen molar-refractivity contribution in [2.45, 2.75) is 0 Å². The van der Waals surface area contributed by atoms with Gasteiger partial charge >= 0.3 is 0 Å². The summed E-state index contributed by atoms with van der Waals surface area (Å²) in [4.78, 5) is 4.21. The summed E-state index contributed by atoms with van der Waals surface area (Å²) in [7, 11) is 1.64. The lowest BCUT2D eigenvalue weighted by molar-refractivity contribution is 0.415. The van der Waals surface area contributed by atoms with Gasteiger partial charge in [-0.25, -0.2) is 9.50 Å². The zero-order valence-corrected chi connectivity index (χ0v) is 9.87. The van der Waals surface area contributed by atoms with Crippen LogP contribution in [0.5, 0.6) is 5.75 Å². The molecule has 5 heteroatoms. The van der Waals surface area contributed by atoms with E-state index in [-0.39, 0.29) is 0 Å². The van der Waals surface area contributed by atoms with Crippen LogP contribution in [0.25, 0.3) is 16.9 Å². The highest BCUT2D eigenvalue weighted by atomic mass is 16.5. The molecule has 2 N–H and O–H groups in total. The molecule has 18 heavy (non-hydrogen) atoms. The highest BCUT2D eigenvalue weighted by Crippen LogP contribution is 2.27. The van der Waals surface area contributed by atoms with Crippen molar-refractivity contribution in [1.29, 1.82) is 0 Å². The largest absolute Gasteiger partial charge is 0.497 e. The molecular weight excluding hydrogens is 228 g/mol. The lowest BCUT2D eigenvalue weighted by Crippen LogP contribution is -2.01. The van der Waals surface area contributed by atoms with Crippen LogP contribution in [0.4, 0.5) is 5.69 Å². The van der Waals surface area contributed by atoms with E-state index in [1.807, 2.05) is 30.3 Å². The van der Waals surface area contributed by atoms with E-state index in [2.05, 4.69) is 10.1 Å². The third kappa shape index (κ3) is 1.57. The molecular formula is C13H12N4O. The molecule has 2 aromatic heterocycles. The van der Waals surface area contributed by atoms with E-state index in [0.717, 1.165) is 22.7 Å². The molecule has 5 nitrogen and oxygen atoms in total. The Labute approximate surface area is 104 Å². The van der Waals surface area contributed by atoms with Crippen LogP contribution in [-0.2, 0) is 0 Å². The van der Waals surface area contributed by atoms with Crippen molar-refractivity contribution in [1.82, 2.24) is 14.6 Å². The summed E-state index contributed by atoms with van der Waals surface area (Å²) in [5.41, 5.74) is 9.18. The Kier molecular flexibility index (Phi) is 2.37. The van der Waals surface area contributed by atoms with Gasteiger partial charge in [-0.3, -0.25) is 0 Å². The van der Waals surface area contributed by atoms with E-state index in [9.17, 15) is 0 Å². The van der Waals surface area contributed by atoms with E-state index >= 15 is 0 Å². The molecule has 0 radical (unpaired) electrons. The van der Waals surface area contributed by atoms with Gasteiger partial charge in [0.25, 0.3) is 0 Å². The van der Waals surface area contributed by atoms with Gasteiger partial charge in [-0.2, -0.15) is 5.10 Å². The summed E-state index contributed by atoms with van der Waals surface area (Å²) >= 11 is 0. The Hall–Kier alpha value is -2.56. The van der Waals surface area contributed by atoms with Gasteiger partial charge in [-0.05, 0) is 24.3 Å². The maximum atomic E-state index is 5.99. The SMILES string of the molecule is COc1ccc(-c2c(N)cnc3ccnn23)cc1. The van der Waals surface area contributed by atoms with Crippen LogP contribution in [-0.4, -0.2) is 21.7 Å². The predicted molar refractivity (Wildman–Crippen MR) is 69.4 cm³/mol. The lowest BCUT2D eigenvalue weighted by atomic mass is 10.1. The average molecular weight is 240 g/mol. The number of fused-ring (bicyclic) bond motifs is 1. The molecule has 90 valence electrons. The van der Waals surface area contributed by atoms with Gasteiger partial charge in [0.15, 0.2) is 5.65 Å². The molecule has 0 saturated carbocycles. The lowest BCUT2D eigenvalue weighted by Gasteiger charge is -2.08. The highest BCUT2D eigenvalue weighted by molar-refractivity contribution is 5.74. The Balaban J connectivity index is 2.23. The molecule has 0 spiro atoms. The zero-order chi connectivity index (χ0) is 12.5. The summed E-state index contributed by atoms with van der Waals surface area (Å²) in [6, 6.07) is 9.53. The van der Waals surface area contributed by atoms with Crippen LogP contribution in [0.3, 0.4) is 0 Å². The second-order valence-electron chi connectivity index (χ2n) is 3.89. The number of nitrogen functional groups attached to an aromatic ring is 1. The molecule has 1 aromatic carbocycles. The second-order valence-corrected chi connectivity index (χ2v) is 3.89. The number of methoxy groups -OCH3 is 1. The van der Waals surface area contributed by atoms with Crippen LogP contribution in [0.1, 0.15) is 0 Å². The smallest absolute Gasteiger partial charge is 0.155 e. The van der Waals surface area contributed by atoms with Crippen LogP contribution < -0.4 is 10.5 Å². The first kappa shape index (κ1) is 10.6. The average Bonchev–Trinajstić information content (AvgIpc) is 2.87. The number of anilines is 1. The van der Waals surface area contributed by atoms with Crippen molar-refractivity contribution in [2.24, 2.45) is 0 Å². The normalized spacial score (nSPS) is 10.7. The molecule has 0 saturated heterocycles. The Morgan fingerprint density at radius 3 is 2.67 bits per heavy atom. The summed E-state index contributed by atoms with van der Waals surface area (Å²) in [5.74, 6) is 0.808. The van der Waals surface area contributed by atoms with E-state index in [1.165, 1.54) is 0 Å². The highest BCUT2D eigenvalue weighted by Gasteiger charge is 2.09. The fourth-order valence-electron chi connectivity index (χ4n) is 1.92. The topological polar surface area (TPSA) is 65.4 Å². The third-order valence-corrected chi connectivity index (χ3v) is 2.81. The third-order valence-electron chi connectivity index (χ3n) is 2.81. The van der Waals surface area contributed by atoms with Gasteiger partial charge in [-0.1, -0.05) is 0 Å². The van der Waals surface area contributed by atoms with E-state index in [0.29, 0.717) is 5.69 Å². The molecule has 0 aliphatic heterocycles. The van der Waals surface area contributed by atoms with E-state index < -0.39 is 0 Å². The Morgan fingerprint density at radius 1 is 1.17 bits per heavy atom. The predicted octanol–water partition coefficient (Wildman–Crippen LogP) is 1.99. The monoisotopic (exact) mass is 240 g/mol. The number of aromatic nitrogens is 3. The van der Waals surface area contributed by atoms with Gasteiger partial charge in [0.1, 0.15) is 5.75 Å². The van der Waals surface area contributed by atoms with Crippen molar-refractivity contribution in [3.05, 3.63) is 42.7 Å². The van der Waals surface area contributed by atoms with Crippen molar-refractivity contribution in [3.63, 3.8) is 0 Å². The van der Waals surface area contributed by atoms with Crippen LogP contribution in [0.15, 0.2) is 42.7 Å². The molecule has 0 atom stereocenters. The maximum Gasteiger partial charge on any atom is 0.155 e. The van der Waals surface area contributed by atoms with Crippen molar-refractivity contribution >= 4 is 11.3 Å². The first-order chi connectivity index (χ1) is 8.79. The van der Waals surface area contributed by atoms with Gasteiger partial charge in [0, 0.05) is 11.6 Å². The minimum atomic E-state index is 0.594. The summed E-state index contributed by atoms with van der Waals surface area (Å²) < 4.78 is 6.88. The molecule has 3 aromatic rings. The molecule has 0 aliphatic rings. The van der Waals surface area contributed by atoms with E-state index in [1.54, 1.807) is 24.0 Å². The number of ether oxygens (including phenoxy) is 1. The maximum absolute atomic E-state index is 5.99. The molecule has 2 heterocycles. The van der Waals surface area contributed by atoms with Crippen LogP contribution in [0.2, 0.25) is 0 Å². The second kappa shape index (κ2) is 4.03. The first-order valence-electron chi connectivity index (χ1n) is 5.52. The van der Waals surface area contributed by atoms with Gasteiger partial charge in [0.2, 0.25) is 0 Å². The van der Waals surface area contributed by atoms with Gasteiger partial charge in [-0.15, -0.1) is 0 Å². The number of hydrogen-bond acceptors (Lipinski definition) is 4. The Morgan fingerprint density at radius 2 is 1.94 bits per heavy atom. The minimum absolute atomic E-state index is 0.594. The Bertz CT molecular complexity index is 688. The molecule has 0 amide bonds. The fraction of sp³-hybridized carbons (Fsp3) is 0.0769. The number of rotatable bonds is 2. The molecule has 0 fully saturated rings. The summed E-state index contributed by atoms with van der Waals surface area (Å²) in [6.45, 7) is 0. The number of nitrogens with zero attached hydrogens (tertiary/aromatic N) is 3. The summed E-state index contributed by atoms with van der Waals surface area (Å²) in [6.07, 6.45) is 3.35. The standard InChI is InChI=1S/C13H12N4O/c1-18-10-4-2-9(3-5-10)13-11(14)8-15-12-6-7-16-17(12)13/h2-8H,14H2,1H3. The fourth-order valence-corrected chi connectivity index (χ4v) is 1.92.